The first-order valence-corrected chi connectivity index (χ1v) is 9.08. The summed E-state index contributed by atoms with van der Waals surface area (Å²) in [6.45, 7) is 0.908. The molecule has 2 aromatic carbocycles. The Bertz CT molecular complexity index is 836. The van der Waals surface area contributed by atoms with Crippen LogP contribution in [-0.2, 0) is 19.4 Å². The van der Waals surface area contributed by atoms with E-state index < -0.39 is 5.09 Å². The third-order valence-corrected chi connectivity index (χ3v) is 4.47. The molecule has 6 nitrogen and oxygen atoms in total. The van der Waals surface area contributed by atoms with Crippen molar-refractivity contribution in [3.8, 4) is 0 Å². The third kappa shape index (κ3) is 8.18. The van der Waals surface area contributed by atoms with Gasteiger partial charge in [0, 0.05) is 24.0 Å². The van der Waals surface area contributed by atoms with E-state index in [0.29, 0.717) is 5.92 Å². The van der Waals surface area contributed by atoms with Gasteiger partial charge in [-0.1, -0.05) is 35.9 Å². The van der Waals surface area contributed by atoms with Gasteiger partial charge in [0.1, 0.15) is 5.82 Å². The van der Waals surface area contributed by atoms with Crippen molar-refractivity contribution in [2.75, 3.05) is 0 Å². The molecule has 0 saturated heterocycles. The van der Waals surface area contributed by atoms with Crippen LogP contribution >= 0.6 is 11.6 Å². The van der Waals surface area contributed by atoms with Crippen LogP contribution in [0.3, 0.4) is 0 Å². The summed E-state index contributed by atoms with van der Waals surface area (Å²) in [7, 11) is 0. The largest absolute Gasteiger partial charge is 0.337 e. The highest BCUT2D eigenvalue weighted by Crippen LogP contribution is 2.19. The van der Waals surface area contributed by atoms with Crippen LogP contribution < -0.4 is 0 Å². The number of aromatic nitrogens is 2. The minimum Gasteiger partial charge on any atom is -0.337 e. The molecule has 0 aliphatic carbocycles. The van der Waals surface area contributed by atoms with Gasteiger partial charge >= 0.3 is 0 Å². The predicted molar refractivity (Wildman–Crippen MR) is 104 cm³/mol. The van der Waals surface area contributed by atoms with Crippen molar-refractivity contribution < 1.29 is 14.7 Å². The Morgan fingerprint density at radius 3 is 2.32 bits per heavy atom. The van der Waals surface area contributed by atoms with Gasteiger partial charge in [0.05, 0.1) is 6.33 Å². The molecule has 0 aliphatic rings. The van der Waals surface area contributed by atoms with E-state index in [9.17, 15) is 4.39 Å². The van der Waals surface area contributed by atoms with E-state index >= 15 is 0 Å². The smallest absolute Gasteiger partial charge is 0.291 e. The van der Waals surface area contributed by atoms with E-state index in [1.54, 1.807) is 6.20 Å². The zero-order valence-electron chi connectivity index (χ0n) is 15.1. The predicted octanol–water partition coefficient (Wildman–Crippen LogP) is 4.82. The van der Waals surface area contributed by atoms with Crippen LogP contribution in [0.4, 0.5) is 4.39 Å². The summed E-state index contributed by atoms with van der Waals surface area (Å²) in [5.74, 6) is 0.270. The molecule has 1 aromatic heterocycles. The quantitative estimate of drug-likeness (QED) is 0.451. The summed E-state index contributed by atoms with van der Waals surface area (Å²) in [5, 5.41) is 14.4. The molecule has 0 spiro atoms. The molecule has 0 saturated carbocycles. The lowest BCUT2D eigenvalue weighted by Crippen LogP contribution is -2.14. The van der Waals surface area contributed by atoms with Crippen molar-refractivity contribution in [1.29, 1.82) is 0 Å². The molecule has 148 valence electrons. The van der Waals surface area contributed by atoms with Gasteiger partial charge in [0.25, 0.3) is 5.09 Å². The van der Waals surface area contributed by atoms with Crippen molar-refractivity contribution in [2.24, 2.45) is 5.92 Å². The first-order valence-electron chi connectivity index (χ1n) is 8.70. The highest BCUT2D eigenvalue weighted by molar-refractivity contribution is 6.30. The standard InChI is InChI=1S/C20H20ClFN2.HNO3/c21-19-7-3-16(4-8-19)1-2-18(14-24-12-11-23-15-24)13-17-5-9-20(22)10-6-17;2-1(3)4/h3-12,15,18H,1-2,13-14H2;(H,2,3,4). The van der Waals surface area contributed by atoms with Crippen LogP contribution in [0.15, 0.2) is 67.3 Å². The van der Waals surface area contributed by atoms with E-state index in [1.807, 2.05) is 36.8 Å². The fourth-order valence-corrected chi connectivity index (χ4v) is 3.05. The molecule has 0 aliphatic heterocycles. The molecule has 1 heterocycles. The van der Waals surface area contributed by atoms with Crippen LogP contribution in [0.1, 0.15) is 17.5 Å². The lowest BCUT2D eigenvalue weighted by molar-refractivity contribution is -0.742. The van der Waals surface area contributed by atoms with Crippen LogP contribution in [0.25, 0.3) is 0 Å². The molecule has 1 atom stereocenters. The summed E-state index contributed by atoms with van der Waals surface area (Å²) in [6.07, 6.45) is 8.61. The number of hydrogen-bond acceptors (Lipinski definition) is 3. The zero-order valence-corrected chi connectivity index (χ0v) is 15.9. The summed E-state index contributed by atoms with van der Waals surface area (Å²) >= 11 is 5.95. The lowest BCUT2D eigenvalue weighted by atomic mass is 9.92. The fraction of sp³-hybridized carbons (Fsp3) is 0.250. The average Bonchev–Trinajstić information content (AvgIpc) is 3.15. The Hall–Kier alpha value is -2.93. The minimum atomic E-state index is -1.50. The SMILES string of the molecule is Fc1ccc(CC(CCc2ccc(Cl)cc2)Cn2ccnc2)cc1.O=[N+]([O-])O. The van der Waals surface area contributed by atoms with Crippen molar-refractivity contribution >= 4 is 11.6 Å². The molecule has 8 heteroatoms. The van der Waals surface area contributed by atoms with Gasteiger partial charge in [-0.25, -0.2) is 9.37 Å². The van der Waals surface area contributed by atoms with E-state index in [2.05, 4.69) is 21.7 Å². The maximum atomic E-state index is 13.1. The number of imidazole rings is 1. The summed E-state index contributed by atoms with van der Waals surface area (Å²) in [6, 6.07) is 14.8. The molecule has 0 fully saturated rings. The first kappa shape index (κ1) is 21.4. The molecular formula is C20H21ClFN3O3. The summed E-state index contributed by atoms with van der Waals surface area (Å²) in [4.78, 5) is 12.5. The van der Waals surface area contributed by atoms with E-state index in [1.165, 1.54) is 17.7 Å². The van der Waals surface area contributed by atoms with Gasteiger partial charge in [-0.05, 0) is 60.6 Å². The molecular weight excluding hydrogens is 385 g/mol. The van der Waals surface area contributed by atoms with Gasteiger partial charge in [-0.2, -0.15) is 0 Å². The number of rotatable bonds is 7. The average molecular weight is 406 g/mol. The van der Waals surface area contributed by atoms with Gasteiger partial charge in [0.2, 0.25) is 0 Å². The van der Waals surface area contributed by atoms with Crippen LogP contribution in [-0.4, -0.2) is 19.8 Å². The van der Waals surface area contributed by atoms with E-state index in [4.69, 9.17) is 26.9 Å². The van der Waals surface area contributed by atoms with E-state index in [0.717, 1.165) is 36.4 Å². The van der Waals surface area contributed by atoms with Gasteiger partial charge < -0.3 is 9.77 Å². The van der Waals surface area contributed by atoms with Gasteiger partial charge in [0.15, 0.2) is 0 Å². The summed E-state index contributed by atoms with van der Waals surface area (Å²) < 4.78 is 15.2. The molecule has 1 unspecified atom stereocenters. The fourth-order valence-electron chi connectivity index (χ4n) is 2.93. The third-order valence-electron chi connectivity index (χ3n) is 4.22. The highest BCUT2D eigenvalue weighted by Gasteiger charge is 2.11. The Morgan fingerprint density at radius 2 is 1.75 bits per heavy atom. The van der Waals surface area contributed by atoms with Crippen LogP contribution in [0.2, 0.25) is 5.02 Å². The van der Waals surface area contributed by atoms with Crippen molar-refractivity contribution in [2.45, 2.75) is 25.8 Å². The van der Waals surface area contributed by atoms with Crippen molar-refractivity contribution in [1.82, 2.24) is 9.55 Å². The highest BCUT2D eigenvalue weighted by atomic mass is 35.5. The first-order chi connectivity index (χ1) is 13.4. The van der Waals surface area contributed by atoms with Crippen molar-refractivity contribution in [3.63, 3.8) is 0 Å². The summed E-state index contributed by atoms with van der Waals surface area (Å²) in [5.41, 5.74) is 2.45. The molecule has 3 rings (SSSR count). The van der Waals surface area contributed by atoms with Gasteiger partial charge in [-0.15, -0.1) is 10.1 Å². The Morgan fingerprint density at radius 1 is 1.14 bits per heavy atom. The Labute approximate surface area is 167 Å². The van der Waals surface area contributed by atoms with Gasteiger partial charge in [-0.3, -0.25) is 0 Å². The molecule has 0 bridgehead atoms. The second kappa shape index (κ2) is 11.0. The molecule has 1 N–H and O–H groups in total. The number of hydrogen-bond donors (Lipinski definition) is 1. The van der Waals surface area contributed by atoms with Crippen molar-refractivity contribution in [3.05, 3.63) is 99.3 Å². The lowest BCUT2D eigenvalue weighted by Gasteiger charge is -2.18. The second-order valence-corrected chi connectivity index (χ2v) is 6.80. The van der Waals surface area contributed by atoms with Crippen LogP contribution in [0.5, 0.6) is 0 Å². The van der Waals surface area contributed by atoms with Crippen LogP contribution in [0, 0.1) is 21.8 Å². The molecule has 0 amide bonds. The van der Waals surface area contributed by atoms with E-state index in [-0.39, 0.29) is 5.82 Å². The second-order valence-electron chi connectivity index (χ2n) is 6.36. The maximum absolute atomic E-state index is 13.1. The number of benzene rings is 2. The molecule has 0 radical (unpaired) electrons. The zero-order chi connectivity index (χ0) is 20.4. The minimum absolute atomic E-state index is 0.189. The normalized spacial score (nSPS) is 11.4. The number of aryl methyl sites for hydroxylation is 1. The Balaban J connectivity index is 0.000000640. The molecule has 28 heavy (non-hydrogen) atoms. The maximum Gasteiger partial charge on any atom is 0.291 e. The monoisotopic (exact) mass is 405 g/mol. The number of halogens is 2. The molecule has 3 aromatic rings. The number of nitrogens with zero attached hydrogens (tertiary/aromatic N) is 3. The Kier molecular flexibility index (Phi) is 8.42. The topological polar surface area (TPSA) is 81.2 Å².